The molecular weight excluding hydrogens is 344 g/mol. The van der Waals surface area contributed by atoms with Crippen molar-refractivity contribution in [3.8, 4) is 5.75 Å². The Morgan fingerprint density at radius 2 is 2.08 bits per heavy atom. The number of methoxy groups -OCH3 is 1. The van der Waals surface area contributed by atoms with E-state index in [0.29, 0.717) is 27.2 Å². The number of alkyl halides is 2. The first-order valence-corrected chi connectivity index (χ1v) is 7.42. The minimum absolute atomic E-state index is 0.0366. The van der Waals surface area contributed by atoms with Crippen molar-refractivity contribution in [3.05, 3.63) is 28.4 Å². The number of benzene rings is 1. The van der Waals surface area contributed by atoms with Gasteiger partial charge in [-0.25, -0.2) is 0 Å². The molecule has 1 aromatic heterocycles. The summed E-state index contributed by atoms with van der Waals surface area (Å²) in [7, 11) is 2.94. The first-order chi connectivity index (χ1) is 11.4. The topological polar surface area (TPSA) is 83.2 Å². The molecule has 0 atom stereocenters. The molecule has 130 valence electrons. The summed E-state index contributed by atoms with van der Waals surface area (Å²) >= 11 is 6.07. The van der Waals surface area contributed by atoms with Gasteiger partial charge in [0.15, 0.2) is 0 Å². The molecule has 0 aliphatic rings. The van der Waals surface area contributed by atoms with E-state index >= 15 is 0 Å². The maximum atomic E-state index is 12.2. The van der Waals surface area contributed by atoms with Gasteiger partial charge in [-0.15, -0.1) is 0 Å². The Hall–Kier alpha value is -2.35. The maximum Gasteiger partial charge on any atom is 0.315 e. The number of carbonyl (C=O) groups excluding carboxylic acids is 2. The van der Waals surface area contributed by atoms with Crippen LogP contribution in [-0.2, 0) is 11.2 Å². The lowest BCUT2D eigenvalue weighted by Gasteiger charge is -2.07. The first kappa shape index (κ1) is 18.0. The third-order valence-corrected chi connectivity index (χ3v) is 3.80. The van der Waals surface area contributed by atoms with E-state index in [4.69, 9.17) is 16.3 Å². The van der Waals surface area contributed by atoms with Gasteiger partial charge in [0.05, 0.1) is 12.1 Å². The molecule has 2 amide bonds. The number of hydrogen-bond donors (Lipinski definition) is 3. The molecular formula is C15H16ClF2N3O3. The Morgan fingerprint density at radius 1 is 1.38 bits per heavy atom. The van der Waals surface area contributed by atoms with Crippen molar-refractivity contribution in [2.45, 2.75) is 12.8 Å². The molecule has 0 saturated heterocycles. The molecule has 2 rings (SSSR count). The number of H-pyrrole nitrogens is 1. The summed E-state index contributed by atoms with van der Waals surface area (Å²) in [6.07, 6.45) is -2.89. The Bertz CT molecular complexity index is 777. The maximum absolute atomic E-state index is 12.2. The summed E-state index contributed by atoms with van der Waals surface area (Å²) in [5.41, 5.74) is 1.46. The summed E-state index contributed by atoms with van der Waals surface area (Å²) in [6, 6.07) is 3.27. The smallest absolute Gasteiger partial charge is 0.315 e. The van der Waals surface area contributed by atoms with Gasteiger partial charge < -0.3 is 20.4 Å². The van der Waals surface area contributed by atoms with E-state index in [9.17, 15) is 18.4 Å². The number of aromatic nitrogens is 1. The number of amides is 2. The van der Waals surface area contributed by atoms with Crippen LogP contribution in [0, 0.1) is 0 Å². The van der Waals surface area contributed by atoms with Crippen LogP contribution in [-0.4, -0.2) is 43.9 Å². The predicted molar refractivity (Wildman–Crippen MR) is 86.0 cm³/mol. The molecule has 6 nitrogen and oxygen atoms in total. The van der Waals surface area contributed by atoms with Crippen LogP contribution in [0.4, 0.5) is 8.78 Å². The standard InChI is InChI=1S/C15H16ClF2N3O3/c1-19-14(22)12-7(3-4-20-15(23)13(17)18)8-5-11(24-2)9(16)6-10(8)21-12/h5-6,13,21H,3-4H2,1-2H3,(H,19,22)(H,20,23). The Labute approximate surface area is 141 Å². The number of fused-ring (bicyclic) bond motifs is 1. The lowest BCUT2D eigenvalue weighted by Crippen LogP contribution is -2.31. The molecule has 0 spiro atoms. The number of rotatable bonds is 6. The number of carbonyl (C=O) groups is 2. The van der Waals surface area contributed by atoms with Crippen molar-refractivity contribution in [2.24, 2.45) is 0 Å². The van der Waals surface area contributed by atoms with Gasteiger partial charge in [0, 0.05) is 24.5 Å². The molecule has 2 aromatic rings. The van der Waals surface area contributed by atoms with Gasteiger partial charge in [-0.2, -0.15) is 8.78 Å². The van der Waals surface area contributed by atoms with Crippen molar-refractivity contribution in [1.29, 1.82) is 0 Å². The number of aromatic amines is 1. The fraction of sp³-hybridized carbons (Fsp3) is 0.333. The SMILES string of the molecule is CNC(=O)c1[nH]c2cc(Cl)c(OC)cc2c1CCNC(=O)C(F)F. The van der Waals surface area contributed by atoms with Crippen molar-refractivity contribution in [1.82, 2.24) is 15.6 Å². The van der Waals surface area contributed by atoms with Crippen LogP contribution in [0.2, 0.25) is 5.02 Å². The molecule has 0 bridgehead atoms. The van der Waals surface area contributed by atoms with Gasteiger partial charge in [-0.3, -0.25) is 9.59 Å². The second-order valence-electron chi connectivity index (χ2n) is 4.93. The van der Waals surface area contributed by atoms with Gasteiger partial charge in [0.25, 0.3) is 11.8 Å². The highest BCUT2D eigenvalue weighted by molar-refractivity contribution is 6.32. The van der Waals surface area contributed by atoms with E-state index < -0.39 is 12.3 Å². The highest BCUT2D eigenvalue weighted by Gasteiger charge is 2.20. The fourth-order valence-corrected chi connectivity index (χ4v) is 2.61. The monoisotopic (exact) mass is 359 g/mol. The summed E-state index contributed by atoms with van der Waals surface area (Å²) in [6.45, 7) is -0.0366. The lowest BCUT2D eigenvalue weighted by atomic mass is 10.1. The minimum atomic E-state index is -3.08. The third-order valence-electron chi connectivity index (χ3n) is 3.51. The third kappa shape index (κ3) is 3.59. The van der Waals surface area contributed by atoms with E-state index in [1.807, 2.05) is 0 Å². The minimum Gasteiger partial charge on any atom is -0.495 e. The molecule has 0 unspecified atom stereocenters. The zero-order valence-electron chi connectivity index (χ0n) is 13.0. The highest BCUT2D eigenvalue weighted by Crippen LogP contribution is 2.33. The summed E-state index contributed by atoms with van der Waals surface area (Å²) in [5.74, 6) is -1.29. The van der Waals surface area contributed by atoms with Crippen molar-refractivity contribution in [3.63, 3.8) is 0 Å². The Kier molecular flexibility index (Phi) is 5.61. The van der Waals surface area contributed by atoms with Crippen LogP contribution in [0.25, 0.3) is 10.9 Å². The van der Waals surface area contributed by atoms with Gasteiger partial charge >= 0.3 is 6.43 Å². The average Bonchev–Trinajstić information content (AvgIpc) is 2.90. The van der Waals surface area contributed by atoms with Crippen molar-refractivity contribution >= 4 is 34.3 Å². The number of halogens is 3. The molecule has 1 heterocycles. The zero-order chi connectivity index (χ0) is 17.9. The highest BCUT2D eigenvalue weighted by atomic mass is 35.5. The van der Waals surface area contributed by atoms with Crippen molar-refractivity contribution < 1.29 is 23.1 Å². The van der Waals surface area contributed by atoms with Crippen LogP contribution < -0.4 is 15.4 Å². The zero-order valence-corrected chi connectivity index (χ0v) is 13.8. The fourth-order valence-electron chi connectivity index (χ4n) is 2.37. The van der Waals surface area contributed by atoms with Gasteiger partial charge in [0.2, 0.25) is 0 Å². The quantitative estimate of drug-likeness (QED) is 0.738. The number of ether oxygens (including phenoxy) is 1. The first-order valence-electron chi connectivity index (χ1n) is 7.05. The normalized spacial score (nSPS) is 10.9. The Balaban J connectivity index is 2.40. The Morgan fingerprint density at radius 3 is 2.67 bits per heavy atom. The van der Waals surface area contributed by atoms with Crippen LogP contribution in [0.5, 0.6) is 5.75 Å². The largest absolute Gasteiger partial charge is 0.495 e. The molecule has 24 heavy (non-hydrogen) atoms. The van der Waals surface area contributed by atoms with Gasteiger partial charge in [-0.05, 0) is 24.1 Å². The predicted octanol–water partition coefficient (Wildman–Crippen LogP) is 2.11. The number of hydrogen-bond acceptors (Lipinski definition) is 3. The van der Waals surface area contributed by atoms with Crippen LogP contribution in [0.1, 0.15) is 16.1 Å². The second kappa shape index (κ2) is 7.48. The van der Waals surface area contributed by atoms with Gasteiger partial charge in [-0.1, -0.05) is 11.6 Å². The molecule has 0 fully saturated rings. The number of nitrogens with one attached hydrogen (secondary N) is 3. The van der Waals surface area contributed by atoms with Crippen LogP contribution in [0.3, 0.4) is 0 Å². The van der Waals surface area contributed by atoms with Crippen LogP contribution >= 0.6 is 11.6 Å². The molecule has 0 aliphatic heterocycles. The summed E-state index contributed by atoms with van der Waals surface area (Å²) < 4.78 is 29.6. The molecule has 0 saturated carbocycles. The summed E-state index contributed by atoms with van der Waals surface area (Å²) in [4.78, 5) is 26.0. The summed E-state index contributed by atoms with van der Waals surface area (Å²) in [5, 5.41) is 5.65. The van der Waals surface area contributed by atoms with E-state index in [-0.39, 0.29) is 24.6 Å². The molecule has 3 N–H and O–H groups in total. The van der Waals surface area contributed by atoms with Gasteiger partial charge in [0.1, 0.15) is 11.4 Å². The van der Waals surface area contributed by atoms with E-state index in [2.05, 4.69) is 15.6 Å². The van der Waals surface area contributed by atoms with E-state index in [1.165, 1.54) is 14.2 Å². The lowest BCUT2D eigenvalue weighted by molar-refractivity contribution is -0.131. The average molecular weight is 360 g/mol. The molecule has 9 heteroatoms. The molecule has 0 radical (unpaired) electrons. The second-order valence-corrected chi connectivity index (χ2v) is 5.34. The van der Waals surface area contributed by atoms with Crippen molar-refractivity contribution in [2.75, 3.05) is 20.7 Å². The van der Waals surface area contributed by atoms with E-state index in [0.717, 1.165) is 0 Å². The molecule has 0 aliphatic carbocycles. The molecule has 1 aromatic carbocycles. The van der Waals surface area contributed by atoms with Crippen LogP contribution in [0.15, 0.2) is 12.1 Å². The van der Waals surface area contributed by atoms with E-state index in [1.54, 1.807) is 12.1 Å².